The van der Waals surface area contributed by atoms with Gasteiger partial charge >= 0.3 is 0 Å². The van der Waals surface area contributed by atoms with Crippen LogP contribution in [0, 0.1) is 0 Å². The maximum Gasteiger partial charge on any atom is 0.254 e. The third-order valence-corrected chi connectivity index (χ3v) is 4.99. The Bertz CT molecular complexity index is 779. The highest BCUT2D eigenvalue weighted by molar-refractivity contribution is 6.05. The summed E-state index contributed by atoms with van der Waals surface area (Å²) in [5, 5.41) is 15.2. The summed E-state index contributed by atoms with van der Waals surface area (Å²) in [5.74, 6) is 0.467. The van der Waals surface area contributed by atoms with Crippen molar-refractivity contribution in [3.63, 3.8) is 0 Å². The van der Waals surface area contributed by atoms with Crippen LogP contribution in [0.2, 0.25) is 0 Å². The Hall–Kier alpha value is -1.95. The minimum absolute atomic E-state index is 0.00800. The van der Waals surface area contributed by atoms with E-state index in [9.17, 15) is 9.90 Å². The minimum atomic E-state index is -0.415. The number of fused-ring (bicyclic) bond motifs is 1. The van der Waals surface area contributed by atoms with Crippen LogP contribution >= 0.6 is 0 Å². The zero-order valence-corrected chi connectivity index (χ0v) is 14.3. The monoisotopic (exact) mass is 328 g/mol. The highest BCUT2D eigenvalue weighted by Gasteiger charge is 2.30. The Morgan fingerprint density at radius 1 is 1.33 bits per heavy atom. The van der Waals surface area contributed by atoms with Crippen LogP contribution in [0.3, 0.4) is 0 Å². The molecule has 1 unspecified atom stereocenters. The van der Waals surface area contributed by atoms with Gasteiger partial charge in [0, 0.05) is 30.7 Å². The fraction of sp³-hybridized carbons (Fsp3) is 0.611. The second-order valence-electron chi connectivity index (χ2n) is 7.34. The van der Waals surface area contributed by atoms with Gasteiger partial charge < -0.3 is 10.0 Å². The first kappa shape index (κ1) is 15.6. The number of carbonyl (C=O) groups is 1. The van der Waals surface area contributed by atoms with E-state index in [1.165, 1.54) is 0 Å². The van der Waals surface area contributed by atoms with Crippen LogP contribution < -0.4 is 0 Å². The first-order chi connectivity index (χ1) is 11.5. The van der Waals surface area contributed by atoms with E-state index in [1.54, 1.807) is 11.1 Å². The molecule has 128 valence electrons. The van der Waals surface area contributed by atoms with Crippen molar-refractivity contribution in [3.8, 4) is 0 Å². The van der Waals surface area contributed by atoms with Gasteiger partial charge in [-0.05, 0) is 45.6 Å². The SMILES string of the molecule is CC(C)n1ncc2c(C(=O)N3CCCC(O)C3)cc(C3CC3)nc21. The summed E-state index contributed by atoms with van der Waals surface area (Å²) in [6, 6.07) is 2.15. The molecule has 3 heterocycles. The molecule has 1 N–H and O–H groups in total. The van der Waals surface area contributed by atoms with E-state index in [4.69, 9.17) is 4.98 Å². The number of aliphatic hydroxyl groups is 1. The summed E-state index contributed by atoms with van der Waals surface area (Å²) in [4.78, 5) is 19.7. The largest absolute Gasteiger partial charge is 0.391 e. The third-order valence-electron chi connectivity index (χ3n) is 4.99. The molecule has 2 fully saturated rings. The van der Waals surface area contributed by atoms with Crippen molar-refractivity contribution in [3.05, 3.63) is 23.5 Å². The molecule has 1 saturated carbocycles. The summed E-state index contributed by atoms with van der Waals surface area (Å²) in [7, 11) is 0. The molecule has 2 aliphatic rings. The molecule has 1 amide bonds. The first-order valence-electron chi connectivity index (χ1n) is 8.90. The Balaban J connectivity index is 1.79. The van der Waals surface area contributed by atoms with Crippen LogP contribution in [0.1, 0.15) is 67.5 Å². The molecular weight excluding hydrogens is 304 g/mol. The Morgan fingerprint density at radius 2 is 2.12 bits per heavy atom. The van der Waals surface area contributed by atoms with E-state index in [-0.39, 0.29) is 11.9 Å². The van der Waals surface area contributed by atoms with Gasteiger partial charge in [-0.2, -0.15) is 5.10 Å². The van der Waals surface area contributed by atoms with Gasteiger partial charge in [-0.15, -0.1) is 0 Å². The van der Waals surface area contributed by atoms with Crippen LogP contribution in [0.4, 0.5) is 0 Å². The van der Waals surface area contributed by atoms with Gasteiger partial charge in [0.1, 0.15) is 0 Å². The number of aliphatic hydroxyl groups excluding tert-OH is 1. The molecule has 2 aromatic heterocycles. The minimum Gasteiger partial charge on any atom is -0.391 e. The molecule has 4 rings (SSSR count). The lowest BCUT2D eigenvalue weighted by Crippen LogP contribution is -2.42. The summed E-state index contributed by atoms with van der Waals surface area (Å²) >= 11 is 0. The number of rotatable bonds is 3. The molecule has 0 radical (unpaired) electrons. The zero-order valence-electron chi connectivity index (χ0n) is 14.3. The lowest BCUT2D eigenvalue weighted by Gasteiger charge is -2.30. The molecule has 24 heavy (non-hydrogen) atoms. The molecule has 0 bridgehead atoms. The van der Waals surface area contributed by atoms with Gasteiger partial charge in [0.2, 0.25) is 0 Å². The number of piperidine rings is 1. The molecule has 6 heteroatoms. The van der Waals surface area contributed by atoms with Crippen LogP contribution in [-0.2, 0) is 0 Å². The van der Waals surface area contributed by atoms with Crippen LogP contribution in [0.15, 0.2) is 12.3 Å². The molecule has 1 saturated heterocycles. The van der Waals surface area contributed by atoms with E-state index >= 15 is 0 Å². The standard InChI is InChI=1S/C18H24N4O2/c1-11(2)22-17-15(9-19-22)14(8-16(20-17)12-5-6-12)18(24)21-7-3-4-13(23)10-21/h8-9,11-13,23H,3-7,10H2,1-2H3. The summed E-state index contributed by atoms with van der Waals surface area (Å²) < 4.78 is 1.89. The Labute approximate surface area is 141 Å². The third kappa shape index (κ3) is 2.69. The molecule has 1 aliphatic carbocycles. The number of hydrogen-bond donors (Lipinski definition) is 1. The number of likely N-dealkylation sites (tertiary alicyclic amines) is 1. The van der Waals surface area contributed by atoms with Gasteiger partial charge in [-0.1, -0.05) is 0 Å². The number of hydrogen-bond acceptors (Lipinski definition) is 4. The van der Waals surface area contributed by atoms with Crippen LogP contribution in [-0.4, -0.2) is 49.9 Å². The van der Waals surface area contributed by atoms with Gasteiger partial charge in [-0.3, -0.25) is 4.79 Å². The molecule has 1 aliphatic heterocycles. The zero-order chi connectivity index (χ0) is 16.8. The number of aromatic nitrogens is 3. The average molecular weight is 328 g/mol. The van der Waals surface area contributed by atoms with E-state index in [2.05, 4.69) is 18.9 Å². The van der Waals surface area contributed by atoms with Crippen molar-refractivity contribution in [1.82, 2.24) is 19.7 Å². The fourth-order valence-corrected chi connectivity index (χ4v) is 3.49. The van der Waals surface area contributed by atoms with Crippen molar-refractivity contribution < 1.29 is 9.90 Å². The van der Waals surface area contributed by atoms with Crippen LogP contribution in [0.25, 0.3) is 11.0 Å². The first-order valence-corrected chi connectivity index (χ1v) is 8.90. The second kappa shape index (κ2) is 5.84. The van der Waals surface area contributed by atoms with Gasteiger partial charge in [-0.25, -0.2) is 9.67 Å². The lowest BCUT2D eigenvalue weighted by atomic mass is 10.0. The number of nitrogens with zero attached hydrogens (tertiary/aromatic N) is 4. The molecule has 6 nitrogen and oxygen atoms in total. The summed E-state index contributed by atoms with van der Waals surface area (Å²) in [6.07, 6.45) is 5.25. The number of pyridine rings is 1. The molecular formula is C18H24N4O2. The average Bonchev–Trinajstić information content (AvgIpc) is 3.32. The number of amides is 1. The molecule has 1 atom stereocenters. The van der Waals surface area contributed by atoms with Crippen molar-refractivity contribution in [2.75, 3.05) is 13.1 Å². The van der Waals surface area contributed by atoms with E-state index in [0.717, 1.165) is 42.4 Å². The smallest absolute Gasteiger partial charge is 0.254 e. The lowest BCUT2D eigenvalue weighted by molar-refractivity contribution is 0.0475. The number of β-amino-alcohol motifs (C(OH)–C–C–N with tert-alkyl or cyclic N) is 1. The summed E-state index contributed by atoms with van der Waals surface area (Å²) in [6.45, 7) is 5.26. The number of carbonyl (C=O) groups excluding carboxylic acids is 1. The van der Waals surface area contributed by atoms with Crippen molar-refractivity contribution in [1.29, 1.82) is 0 Å². The predicted molar refractivity (Wildman–Crippen MR) is 91.0 cm³/mol. The molecule has 2 aromatic rings. The van der Waals surface area contributed by atoms with Crippen molar-refractivity contribution in [2.45, 2.75) is 57.6 Å². The Kier molecular flexibility index (Phi) is 3.79. The van der Waals surface area contributed by atoms with Gasteiger partial charge in [0.05, 0.1) is 23.3 Å². The highest BCUT2D eigenvalue weighted by atomic mass is 16.3. The fourth-order valence-electron chi connectivity index (χ4n) is 3.49. The second-order valence-corrected chi connectivity index (χ2v) is 7.34. The van der Waals surface area contributed by atoms with E-state index in [0.29, 0.717) is 24.6 Å². The van der Waals surface area contributed by atoms with Crippen LogP contribution in [0.5, 0.6) is 0 Å². The Morgan fingerprint density at radius 3 is 2.79 bits per heavy atom. The van der Waals surface area contributed by atoms with E-state index in [1.807, 2.05) is 10.7 Å². The maximum absolute atomic E-state index is 13.1. The van der Waals surface area contributed by atoms with Gasteiger partial charge in [0.15, 0.2) is 5.65 Å². The highest BCUT2D eigenvalue weighted by Crippen LogP contribution is 2.40. The van der Waals surface area contributed by atoms with E-state index < -0.39 is 6.10 Å². The predicted octanol–water partition coefficient (Wildman–Crippen LogP) is 2.49. The van der Waals surface area contributed by atoms with Crippen molar-refractivity contribution in [2.24, 2.45) is 0 Å². The molecule has 0 aromatic carbocycles. The normalized spacial score (nSPS) is 21.7. The summed E-state index contributed by atoms with van der Waals surface area (Å²) in [5.41, 5.74) is 2.49. The van der Waals surface area contributed by atoms with Crippen molar-refractivity contribution >= 4 is 16.9 Å². The maximum atomic E-state index is 13.1. The van der Waals surface area contributed by atoms with Gasteiger partial charge in [0.25, 0.3) is 5.91 Å². The molecule has 0 spiro atoms. The topological polar surface area (TPSA) is 71.2 Å². The quantitative estimate of drug-likeness (QED) is 0.939.